The molecule has 3 N–H and O–H groups in total. The topological polar surface area (TPSA) is 83.1 Å². The van der Waals surface area contributed by atoms with Crippen molar-refractivity contribution in [3.05, 3.63) is 41.4 Å². The summed E-state index contributed by atoms with van der Waals surface area (Å²) in [5, 5.41) is 8.72. The van der Waals surface area contributed by atoms with Gasteiger partial charge in [0.15, 0.2) is 5.13 Å². The van der Waals surface area contributed by atoms with Crippen molar-refractivity contribution in [3.8, 4) is 0 Å². The maximum Gasteiger partial charge on any atom is 0.315 e. The highest BCUT2D eigenvalue weighted by molar-refractivity contribution is 7.15. The Labute approximate surface area is 133 Å². The minimum Gasteiger partial charge on any atom is -0.381 e. The molecule has 2 rings (SSSR count). The van der Waals surface area contributed by atoms with Crippen LogP contribution in [0, 0.1) is 6.92 Å². The highest BCUT2D eigenvalue weighted by Crippen LogP contribution is 2.16. The molecule has 22 heavy (non-hydrogen) atoms. The number of aryl methyl sites for hydroxylation is 1. The van der Waals surface area contributed by atoms with Crippen LogP contribution in [-0.4, -0.2) is 29.4 Å². The summed E-state index contributed by atoms with van der Waals surface area (Å²) in [5.74, 6) is -1.38. The monoisotopic (exact) mass is 318 g/mol. The number of rotatable bonds is 5. The molecule has 0 aliphatic rings. The van der Waals surface area contributed by atoms with Crippen molar-refractivity contribution in [1.82, 2.24) is 10.3 Å². The zero-order chi connectivity index (χ0) is 15.9. The van der Waals surface area contributed by atoms with E-state index in [4.69, 9.17) is 0 Å². The summed E-state index contributed by atoms with van der Waals surface area (Å²) in [6.45, 7) is 4.15. The Hall–Kier alpha value is -2.41. The normalized spacial score (nSPS) is 11.5. The van der Waals surface area contributed by atoms with Crippen LogP contribution in [0.3, 0.4) is 0 Å². The van der Waals surface area contributed by atoms with Crippen molar-refractivity contribution in [1.29, 1.82) is 0 Å². The van der Waals surface area contributed by atoms with Crippen LogP contribution in [0.4, 0.5) is 10.8 Å². The van der Waals surface area contributed by atoms with Crippen LogP contribution in [0.15, 0.2) is 36.5 Å². The van der Waals surface area contributed by atoms with E-state index in [9.17, 15) is 9.59 Å². The van der Waals surface area contributed by atoms with Crippen LogP contribution >= 0.6 is 11.3 Å². The number of carbonyl (C=O) groups excluding carboxylic acids is 2. The third-order valence-electron chi connectivity index (χ3n) is 2.80. The average molecular weight is 318 g/mol. The van der Waals surface area contributed by atoms with Crippen LogP contribution < -0.4 is 16.0 Å². The predicted molar refractivity (Wildman–Crippen MR) is 88.0 cm³/mol. The summed E-state index contributed by atoms with van der Waals surface area (Å²) in [7, 11) is 0. The standard InChI is InChI=1S/C15H18N4O2S/c1-10(18-12-6-4-3-5-7-12)8-16-13(20)14(21)19-15-17-9-11(2)22-15/h3-7,9-10,18H,8H2,1-2H3,(H,16,20)(H,17,19,21)/t10-/m1/s1. The number of para-hydroxylation sites is 1. The molecule has 1 aromatic heterocycles. The summed E-state index contributed by atoms with van der Waals surface area (Å²) < 4.78 is 0. The Morgan fingerprint density at radius 2 is 1.95 bits per heavy atom. The first kappa shape index (κ1) is 16.0. The number of benzene rings is 1. The molecule has 0 radical (unpaired) electrons. The highest BCUT2D eigenvalue weighted by Gasteiger charge is 2.15. The first-order valence-corrected chi connectivity index (χ1v) is 7.69. The van der Waals surface area contributed by atoms with Gasteiger partial charge in [-0.15, -0.1) is 11.3 Å². The Morgan fingerprint density at radius 1 is 1.23 bits per heavy atom. The van der Waals surface area contributed by atoms with E-state index in [0.29, 0.717) is 11.7 Å². The van der Waals surface area contributed by atoms with Gasteiger partial charge in [-0.2, -0.15) is 0 Å². The Morgan fingerprint density at radius 3 is 2.59 bits per heavy atom. The van der Waals surface area contributed by atoms with E-state index in [-0.39, 0.29) is 6.04 Å². The molecule has 116 valence electrons. The molecule has 0 unspecified atom stereocenters. The molecule has 0 spiro atoms. The number of carbonyl (C=O) groups is 2. The molecule has 1 aromatic carbocycles. The lowest BCUT2D eigenvalue weighted by Crippen LogP contribution is -2.40. The minimum absolute atomic E-state index is 0.00116. The van der Waals surface area contributed by atoms with E-state index in [1.807, 2.05) is 44.2 Å². The molecule has 2 aromatic rings. The zero-order valence-corrected chi connectivity index (χ0v) is 13.2. The fourth-order valence-electron chi connectivity index (χ4n) is 1.76. The Bertz CT molecular complexity index is 642. The van der Waals surface area contributed by atoms with Crippen molar-refractivity contribution in [2.45, 2.75) is 19.9 Å². The van der Waals surface area contributed by atoms with Crippen LogP contribution in [0.5, 0.6) is 0 Å². The van der Waals surface area contributed by atoms with Gasteiger partial charge in [0.2, 0.25) is 0 Å². The molecule has 0 fully saturated rings. The van der Waals surface area contributed by atoms with E-state index < -0.39 is 11.8 Å². The number of hydrogen-bond donors (Lipinski definition) is 3. The van der Waals surface area contributed by atoms with Crippen molar-refractivity contribution < 1.29 is 9.59 Å². The first-order chi connectivity index (χ1) is 10.5. The number of anilines is 2. The summed E-state index contributed by atoms with van der Waals surface area (Å²) in [6, 6.07) is 9.67. The molecule has 1 atom stereocenters. The molecule has 0 aliphatic heterocycles. The molecule has 2 amide bonds. The molecule has 0 aliphatic carbocycles. The number of thiazole rings is 1. The van der Waals surface area contributed by atoms with Crippen molar-refractivity contribution in [3.63, 3.8) is 0 Å². The lowest BCUT2D eigenvalue weighted by atomic mass is 10.2. The summed E-state index contributed by atoms with van der Waals surface area (Å²) in [4.78, 5) is 28.4. The van der Waals surface area contributed by atoms with Gasteiger partial charge in [-0.3, -0.25) is 14.9 Å². The van der Waals surface area contributed by atoms with Crippen LogP contribution in [0.25, 0.3) is 0 Å². The van der Waals surface area contributed by atoms with Crippen molar-refractivity contribution in [2.24, 2.45) is 0 Å². The van der Waals surface area contributed by atoms with Gasteiger partial charge >= 0.3 is 11.8 Å². The third kappa shape index (κ3) is 4.85. The van der Waals surface area contributed by atoms with E-state index in [2.05, 4.69) is 20.9 Å². The molecule has 0 bridgehead atoms. The molecule has 1 heterocycles. The second-order valence-corrected chi connectivity index (χ2v) is 6.09. The summed E-state index contributed by atoms with van der Waals surface area (Å²) >= 11 is 1.32. The van der Waals surface area contributed by atoms with Gasteiger partial charge in [0.25, 0.3) is 0 Å². The predicted octanol–water partition coefficient (Wildman–Crippen LogP) is 2.01. The SMILES string of the molecule is Cc1cnc(NC(=O)C(=O)NC[C@@H](C)Nc2ccccc2)s1. The Kier molecular flexibility index (Phi) is 5.48. The van der Waals surface area contributed by atoms with Gasteiger partial charge in [0, 0.05) is 29.3 Å². The van der Waals surface area contributed by atoms with E-state index in [1.54, 1.807) is 6.20 Å². The van der Waals surface area contributed by atoms with Gasteiger partial charge in [0.05, 0.1) is 0 Å². The fourth-order valence-corrected chi connectivity index (χ4v) is 2.42. The third-order valence-corrected chi connectivity index (χ3v) is 3.63. The molecule has 0 saturated carbocycles. The Balaban J connectivity index is 1.75. The fraction of sp³-hybridized carbons (Fsp3) is 0.267. The maximum atomic E-state index is 11.7. The largest absolute Gasteiger partial charge is 0.381 e. The molecule has 6 nitrogen and oxygen atoms in total. The highest BCUT2D eigenvalue weighted by atomic mass is 32.1. The molecular formula is C15H18N4O2S. The second-order valence-electron chi connectivity index (χ2n) is 4.85. The number of amides is 2. The number of hydrogen-bond acceptors (Lipinski definition) is 5. The van der Waals surface area contributed by atoms with Gasteiger partial charge in [-0.1, -0.05) is 18.2 Å². The lowest BCUT2D eigenvalue weighted by molar-refractivity contribution is -0.136. The number of nitrogens with zero attached hydrogens (tertiary/aromatic N) is 1. The number of aromatic nitrogens is 1. The van der Waals surface area contributed by atoms with Gasteiger partial charge < -0.3 is 10.6 Å². The summed E-state index contributed by atoms with van der Waals surface area (Å²) in [6.07, 6.45) is 1.64. The summed E-state index contributed by atoms with van der Waals surface area (Å²) in [5.41, 5.74) is 0.965. The van der Waals surface area contributed by atoms with Crippen LogP contribution in [0.2, 0.25) is 0 Å². The van der Waals surface area contributed by atoms with Gasteiger partial charge in [-0.25, -0.2) is 4.98 Å². The zero-order valence-electron chi connectivity index (χ0n) is 12.4. The second kappa shape index (κ2) is 7.56. The van der Waals surface area contributed by atoms with Crippen LogP contribution in [-0.2, 0) is 9.59 Å². The average Bonchev–Trinajstić information content (AvgIpc) is 2.91. The maximum absolute atomic E-state index is 11.7. The van der Waals surface area contributed by atoms with E-state index in [1.165, 1.54) is 11.3 Å². The number of nitrogens with one attached hydrogen (secondary N) is 3. The van der Waals surface area contributed by atoms with Crippen LogP contribution in [0.1, 0.15) is 11.8 Å². The lowest BCUT2D eigenvalue weighted by Gasteiger charge is -2.15. The van der Waals surface area contributed by atoms with E-state index in [0.717, 1.165) is 10.6 Å². The molecular weight excluding hydrogens is 300 g/mol. The van der Waals surface area contributed by atoms with Crippen molar-refractivity contribution in [2.75, 3.05) is 17.2 Å². The smallest absolute Gasteiger partial charge is 0.315 e. The quantitative estimate of drug-likeness (QED) is 0.736. The van der Waals surface area contributed by atoms with Crippen molar-refractivity contribution >= 4 is 34.0 Å². The first-order valence-electron chi connectivity index (χ1n) is 6.88. The van der Waals surface area contributed by atoms with Gasteiger partial charge in [0.1, 0.15) is 0 Å². The van der Waals surface area contributed by atoms with E-state index >= 15 is 0 Å². The van der Waals surface area contributed by atoms with Gasteiger partial charge in [-0.05, 0) is 26.0 Å². The minimum atomic E-state index is -0.707. The molecule has 0 saturated heterocycles. The molecule has 7 heteroatoms.